The van der Waals surface area contributed by atoms with Gasteiger partial charge in [-0.2, -0.15) is 0 Å². The second-order valence-electron chi connectivity index (χ2n) is 1.81. The summed E-state index contributed by atoms with van der Waals surface area (Å²) in [4.78, 5) is 10.8. The fourth-order valence-corrected chi connectivity index (χ4v) is 0.889. The number of hydrogen-bond donors (Lipinski definition) is 2. The van der Waals surface area contributed by atoms with Crippen molar-refractivity contribution in [2.75, 3.05) is 5.32 Å². The number of nitrogens with one attached hydrogen (secondary N) is 1. The van der Waals surface area contributed by atoms with E-state index in [1.807, 2.05) is 12.1 Å². The minimum Gasteiger partial charge on any atom is -0.329 e. The van der Waals surface area contributed by atoms with Crippen molar-refractivity contribution < 1.29 is 4.79 Å². The number of hydrogen-bond acceptors (Lipinski definition) is 2. The molecule has 10 heavy (non-hydrogen) atoms. The lowest BCUT2D eigenvalue weighted by Crippen LogP contribution is -1.92. The SMILES string of the molecule is O=CNc1cccc(S)c1. The van der Waals surface area contributed by atoms with Crippen LogP contribution in [0, 0.1) is 0 Å². The summed E-state index contributed by atoms with van der Waals surface area (Å²) >= 11 is 4.09. The average Bonchev–Trinajstić information content (AvgIpc) is 1.88. The lowest BCUT2D eigenvalue weighted by Gasteiger charge is -1.96. The first kappa shape index (κ1) is 7.15. The van der Waals surface area contributed by atoms with E-state index in [9.17, 15) is 4.79 Å². The summed E-state index contributed by atoms with van der Waals surface area (Å²) in [5.74, 6) is 0. The van der Waals surface area contributed by atoms with Gasteiger partial charge in [-0.15, -0.1) is 12.6 Å². The molecule has 0 aromatic heterocycles. The molecule has 0 saturated carbocycles. The van der Waals surface area contributed by atoms with Crippen molar-refractivity contribution in [3.05, 3.63) is 24.3 Å². The summed E-state index contributed by atoms with van der Waals surface area (Å²) in [6, 6.07) is 7.25. The van der Waals surface area contributed by atoms with Crippen LogP contribution in [-0.2, 0) is 4.79 Å². The zero-order valence-electron chi connectivity index (χ0n) is 5.24. The number of carbonyl (C=O) groups is 1. The van der Waals surface area contributed by atoms with E-state index in [-0.39, 0.29) is 0 Å². The molecule has 0 unspecified atom stereocenters. The standard InChI is InChI=1S/C7H7NOS/c9-5-8-6-2-1-3-7(10)4-6/h1-5,10H,(H,8,9). The van der Waals surface area contributed by atoms with Crippen molar-refractivity contribution >= 4 is 24.7 Å². The van der Waals surface area contributed by atoms with Crippen LogP contribution in [0.3, 0.4) is 0 Å². The Balaban J connectivity index is 2.84. The maximum Gasteiger partial charge on any atom is 0.211 e. The highest BCUT2D eigenvalue weighted by molar-refractivity contribution is 7.80. The highest BCUT2D eigenvalue weighted by Gasteiger charge is 1.87. The van der Waals surface area contributed by atoms with Crippen LogP contribution in [0.5, 0.6) is 0 Å². The van der Waals surface area contributed by atoms with Crippen LogP contribution in [0.25, 0.3) is 0 Å². The minimum atomic E-state index is 0.641. The molecule has 1 rings (SSSR count). The third-order valence-corrected chi connectivity index (χ3v) is 1.35. The van der Waals surface area contributed by atoms with Crippen LogP contribution >= 0.6 is 12.6 Å². The molecule has 1 N–H and O–H groups in total. The van der Waals surface area contributed by atoms with Crippen molar-refractivity contribution in [1.82, 2.24) is 0 Å². The van der Waals surface area contributed by atoms with E-state index in [1.165, 1.54) is 0 Å². The Kier molecular flexibility index (Phi) is 2.34. The third kappa shape index (κ3) is 1.77. The summed E-state index contributed by atoms with van der Waals surface area (Å²) < 4.78 is 0. The summed E-state index contributed by atoms with van der Waals surface area (Å²) in [6.07, 6.45) is 0.641. The molecule has 0 bridgehead atoms. The first-order valence-corrected chi connectivity index (χ1v) is 3.27. The highest BCUT2D eigenvalue weighted by Crippen LogP contribution is 2.11. The van der Waals surface area contributed by atoms with Crippen molar-refractivity contribution in [3.63, 3.8) is 0 Å². The van der Waals surface area contributed by atoms with Crippen LogP contribution in [0.2, 0.25) is 0 Å². The number of benzene rings is 1. The van der Waals surface area contributed by atoms with Gasteiger partial charge in [0.05, 0.1) is 0 Å². The zero-order valence-corrected chi connectivity index (χ0v) is 6.14. The molecule has 52 valence electrons. The van der Waals surface area contributed by atoms with Crippen molar-refractivity contribution in [2.45, 2.75) is 4.90 Å². The lowest BCUT2D eigenvalue weighted by atomic mass is 10.3. The molecule has 1 aromatic carbocycles. The quantitative estimate of drug-likeness (QED) is 0.490. The number of amides is 1. The predicted octanol–water partition coefficient (Wildman–Crippen LogP) is 1.54. The topological polar surface area (TPSA) is 29.1 Å². The largest absolute Gasteiger partial charge is 0.329 e. The van der Waals surface area contributed by atoms with Crippen LogP contribution < -0.4 is 5.32 Å². The Morgan fingerprint density at radius 3 is 2.90 bits per heavy atom. The molecule has 0 fully saturated rings. The Bertz CT molecular complexity index is 237. The Hall–Kier alpha value is -0.960. The molecular weight excluding hydrogens is 146 g/mol. The van der Waals surface area contributed by atoms with Crippen LogP contribution in [0.4, 0.5) is 5.69 Å². The van der Waals surface area contributed by atoms with Crippen molar-refractivity contribution in [3.8, 4) is 0 Å². The van der Waals surface area contributed by atoms with E-state index in [0.29, 0.717) is 6.41 Å². The van der Waals surface area contributed by atoms with E-state index in [4.69, 9.17) is 0 Å². The van der Waals surface area contributed by atoms with Gasteiger partial charge >= 0.3 is 0 Å². The molecular formula is C7H7NOS. The van der Waals surface area contributed by atoms with Crippen LogP contribution in [-0.4, -0.2) is 6.41 Å². The second kappa shape index (κ2) is 3.27. The highest BCUT2D eigenvalue weighted by atomic mass is 32.1. The second-order valence-corrected chi connectivity index (χ2v) is 2.33. The van der Waals surface area contributed by atoms with Gasteiger partial charge in [0.1, 0.15) is 0 Å². The third-order valence-electron chi connectivity index (χ3n) is 1.07. The number of anilines is 1. The van der Waals surface area contributed by atoms with Gasteiger partial charge in [-0.3, -0.25) is 4.79 Å². The molecule has 3 heteroatoms. The molecule has 1 aromatic rings. The summed E-state index contributed by atoms with van der Waals surface area (Å²) in [6.45, 7) is 0. The monoisotopic (exact) mass is 153 g/mol. The van der Waals surface area contributed by atoms with Gasteiger partial charge in [0.15, 0.2) is 0 Å². The molecule has 0 atom stereocenters. The minimum absolute atomic E-state index is 0.641. The smallest absolute Gasteiger partial charge is 0.211 e. The van der Waals surface area contributed by atoms with E-state index in [2.05, 4.69) is 17.9 Å². The van der Waals surface area contributed by atoms with Crippen LogP contribution in [0.15, 0.2) is 29.2 Å². The van der Waals surface area contributed by atoms with Gasteiger partial charge in [0.25, 0.3) is 0 Å². The van der Waals surface area contributed by atoms with Gasteiger partial charge in [0.2, 0.25) is 6.41 Å². The molecule has 1 amide bonds. The van der Waals surface area contributed by atoms with E-state index in [1.54, 1.807) is 12.1 Å². The normalized spacial score (nSPS) is 8.90. The van der Waals surface area contributed by atoms with Gasteiger partial charge < -0.3 is 5.32 Å². The summed E-state index contributed by atoms with van der Waals surface area (Å²) in [7, 11) is 0. The maximum atomic E-state index is 9.95. The van der Waals surface area contributed by atoms with E-state index in [0.717, 1.165) is 10.6 Å². The molecule has 2 nitrogen and oxygen atoms in total. The first-order chi connectivity index (χ1) is 4.83. The summed E-state index contributed by atoms with van der Waals surface area (Å²) in [5.41, 5.74) is 0.766. The fraction of sp³-hybridized carbons (Fsp3) is 0. The van der Waals surface area contributed by atoms with E-state index >= 15 is 0 Å². The van der Waals surface area contributed by atoms with Gasteiger partial charge in [0, 0.05) is 10.6 Å². The molecule has 0 aliphatic rings. The molecule has 0 saturated heterocycles. The van der Waals surface area contributed by atoms with Crippen molar-refractivity contribution in [1.29, 1.82) is 0 Å². The predicted molar refractivity (Wildman–Crippen MR) is 43.4 cm³/mol. The molecule has 0 spiro atoms. The Labute approximate surface area is 64.7 Å². The molecule has 0 aliphatic carbocycles. The van der Waals surface area contributed by atoms with Gasteiger partial charge in [-0.25, -0.2) is 0 Å². The Morgan fingerprint density at radius 1 is 1.50 bits per heavy atom. The first-order valence-electron chi connectivity index (χ1n) is 2.82. The average molecular weight is 153 g/mol. The molecule has 0 aliphatic heterocycles. The number of rotatable bonds is 2. The molecule has 0 radical (unpaired) electrons. The van der Waals surface area contributed by atoms with Gasteiger partial charge in [-0.05, 0) is 18.2 Å². The lowest BCUT2D eigenvalue weighted by molar-refractivity contribution is -0.105. The zero-order chi connectivity index (χ0) is 7.40. The Morgan fingerprint density at radius 2 is 2.30 bits per heavy atom. The fourth-order valence-electron chi connectivity index (χ4n) is 0.664. The van der Waals surface area contributed by atoms with E-state index < -0.39 is 0 Å². The molecule has 0 heterocycles. The number of thiol groups is 1. The summed E-state index contributed by atoms with van der Waals surface area (Å²) in [5, 5.41) is 2.52. The van der Waals surface area contributed by atoms with Gasteiger partial charge in [-0.1, -0.05) is 6.07 Å². The van der Waals surface area contributed by atoms with Crippen LogP contribution in [0.1, 0.15) is 0 Å². The van der Waals surface area contributed by atoms with Crippen molar-refractivity contribution in [2.24, 2.45) is 0 Å². The number of carbonyl (C=O) groups excluding carboxylic acids is 1. The maximum absolute atomic E-state index is 9.95.